The molecular formula is C8H11N3O3. The van der Waals surface area contributed by atoms with E-state index in [9.17, 15) is 9.90 Å². The van der Waals surface area contributed by atoms with Crippen LogP contribution in [-0.4, -0.2) is 17.5 Å². The number of rotatable bonds is 3. The molecule has 0 aromatic carbocycles. The molecule has 0 fully saturated rings. The van der Waals surface area contributed by atoms with E-state index in [2.05, 4.69) is 10.3 Å². The lowest BCUT2D eigenvalue weighted by atomic mass is 10.3. The van der Waals surface area contributed by atoms with Gasteiger partial charge >= 0.3 is 11.6 Å². The average Bonchev–Trinajstić information content (AvgIpc) is 2.46. The fourth-order valence-electron chi connectivity index (χ4n) is 0.969. The summed E-state index contributed by atoms with van der Waals surface area (Å²) in [4.78, 5) is 14.2. The summed E-state index contributed by atoms with van der Waals surface area (Å²) < 4.78 is 6.12. The Morgan fingerprint density at radius 2 is 2.36 bits per heavy atom. The quantitative estimate of drug-likeness (QED) is 0.290. The molecule has 1 heterocycles. The minimum absolute atomic E-state index is 0.0186. The molecule has 0 unspecified atom stereocenters. The van der Waals surface area contributed by atoms with E-state index in [1.807, 2.05) is 13.8 Å². The Hall–Kier alpha value is -1.72. The normalized spacial score (nSPS) is 12.1. The third-order valence-corrected chi connectivity index (χ3v) is 1.54. The molecule has 0 aliphatic carbocycles. The second-order valence-electron chi connectivity index (χ2n) is 3.05. The van der Waals surface area contributed by atoms with Crippen LogP contribution in [0.4, 0.5) is 5.88 Å². The molecule has 1 aromatic heterocycles. The van der Waals surface area contributed by atoms with Crippen molar-refractivity contribution in [2.24, 2.45) is 4.99 Å². The van der Waals surface area contributed by atoms with Crippen molar-refractivity contribution in [2.45, 2.75) is 26.8 Å². The molecule has 14 heavy (non-hydrogen) atoms. The van der Waals surface area contributed by atoms with Crippen LogP contribution in [-0.2, 0) is 0 Å². The number of nitrogens with zero attached hydrogens (tertiary/aromatic N) is 3. The Bertz CT molecular complexity index is 364. The highest BCUT2D eigenvalue weighted by Gasteiger charge is 2.25. The topological polar surface area (TPSA) is 82.4 Å². The van der Waals surface area contributed by atoms with Crippen molar-refractivity contribution in [1.82, 2.24) is 5.27 Å². The highest BCUT2D eigenvalue weighted by molar-refractivity contribution is 5.79. The van der Waals surface area contributed by atoms with Gasteiger partial charge in [-0.3, -0.25) is 9.32 Å². The van der Waals surface area contributed by atoms with Crippen LogP contribution in [0.25, 0.3) is 0 Å². The predicted octanol–water partition coefficient (Wildman–Crippen LogP) is -0.234. The van der Waals surface area contributed by atoms with E-state index in [0.717, 1.165) is 0 Å². The molecule has 0 N–H and O–H groups in total. The number of hydrogen-bond acceptors (Lipinski definition) is 5. The van der Waals surface area contributed by atoms with Crippen LogP contribution >= 0.6 is 0 Å². The van der Waals surface area contributed by atoms with Crippen LogP contribution in [0.15, 0.2) is 9.52 Å². The summed E-state index contributed by atoms with van der Waals surface area (Å²) in [5, 5.41) is 14.3. The first-order chi connectivity index (χ1) is 6.56. The number of hydrogen-bond donors (Lipinski definition) is 0. The first kappa shape index (κ1) is 10.4. The summed E-state index contributed by atoms with van der Waals surface area (Å²) in [6.07, 6.45) is 0.568. The summed E-state index contributed by atoms with van der Waals surface area (Å²) in [5.41, 5.74) is 0.176. The van der Waals surface area contributed by atoms with E-state index in [1.54, 1.807) is 0 Å². The van der Waals surface area contributed by atoms with Crippen LogP contribution in [0.2, 0.25) is 0 Å². The Morgan fingerprint density at radius 3 is 2.79 bits per heavy atom. The molecule has 0 radical (unpaired) electrons. The molecular weight excluding hydrogens is 186 g/mol. The van der Waals surface area contributed by atoms with Gasteiger partial charge in [0, 0.05) is 13.8 Å². The van der Waals surface area contributed by atoms with Gasteiger partial charge in [0.05, 0.1) is 0 Å². The van der Waals surface area contributed by atoms with Gasteiger partial charge in [0.2, 0.25) is 11.6 Å². The predicted molar refractivity (Wildman–Crippen MR) is 45.2 cm³/mol. The van der Waals surface area contributed by atoms with E-state index < -0.39 is 5.90 Å². The van der Waals surface area contributed by atoms with E-state index in [-0.39, 0.29) is 17.6 Å². The fourth-order valence-corrected chi connectivity index (χ4v) is 0.969. The third kappa shape index (κ3) is 1.95. The number of carbonyl (C=O) groups excluding carboxylic acids is 1. The molecule has 6 heteroatoms. The molecule has 0 aliphatic rings. The minimum atomic E-state index is -0.430. The van der Waals surface area contributed by atoms with Crippen molar-refractivity contribution >= 4 is 18.1 Å². The van der Waals surface area contributed by atoms with E-state index in [0.29, 0.717) is 6.29 Å². The maximum atomic E-state index is 10.7. The summed E-state index contributed by atoms with van der Waals surface area (Å²) in [7, 11) is 0. The van der Waals surface area contributed by atoms with Gasteiger partial charge in [-0.1, -0.05) is 0 Å². The zero-order valence-corrected chi connectivity index (χ0v) is 8.22. The lowest BCUT2D eigenvalue weighted by Crippen LogP contribution is -2.41. The van der Waals surface area contributed by atoms with Gasteiger partial charge in [-0.2, -0.15) is 0 Å². The zero-order chi connectivity index (χ0) is 10.7. The van der Waals surface area contributed by atoms with Crippen molar-refractivity contribution in [3.8, 4) is 0 Å². The maximum absolute atomic E-state index is 10.7. The Kier molecular flexibility index (Phi) is 2.95. The van der Waals surface area contributed by atoms with E-state index >= 15 is 0 Å². The molecule has 0 spiro atoms. The average molecular weight is 197 g/mol. The second-order valence-corrected chi connectivity index (χ2v) is 3.05. The molecule has 0 bridgehead atoms. The highest BCUT2D eigenvalue weighted by Crippen LogP contribution is 2.13. The van der Waals surface area contributed by atoms with Gasteiger partial charge in [0.25, 0.3) is 0 Å². The Balaban J connectivity index is 3.20. The molecule has 76 valence electrons. The van der Waals surface area contributed by atoms with Crippen molar-refractivity contribution in [2.75, 3.05) is 0 Å². The van der Waals surface area contributed by atoms with Crippen LogP contribution in [0.5, 0.6) is 0 Å². The third-order valence-electron chi connectivity index (χ3n) is 1.54. The van der Waals surface area contributed by atoms with Crippen molar-refractivity contribution < 1.29 is 19.1 Å². The summed E-state index contributed by atoms with van der Waals surface area (Å²) in [5.74, 6) is -0.471. The van der Waals surface area contributed by atoms with E-state index in [1.165, 1.54) is 11.6 Å². The molecule has 0 saturated carbocycles. The van der Waals surface area contributed by atoms with Crippen LogP contribution < -0.4 is 9.79 Å². The molecule has 1 aromatic rings. The Labute approximate surface area is 80.8 Å². The van der Waals surface area contributed by atoms with Crippen LogP contribution in [0, 0.1) is 0 Å². The summed E-state index contributed by atoms with van der Waals surface area (Å²) in [6.45, 7) is 4.96. The van der Waals surface area contributed by atoms with Gasteiger partial charge in [-0.15, -0.1) is 0 Å². The lowest BCUT2D eigenvalue weighted by Gasteiger charge is -1.97. The molecule has 0 amide bonds. The molecule has 1 rings (SSSR count). The molecule has 0 aliphatic heterocycles. The monoisotopic (exact) mass is 197 g/mol. The zero-order valence-electron chi connectivity index (χ0n) is 8.22. The number of carbonyl (C=O) groups is 1. The number of aromatic nitrogens is 2. The second kappa shape index (κ2) is 3.99. The fraction of sp³-hybridized carbons (Fsp3) is 0.500. The van der Waals surface area contributed by atoms with Crippen molar-refractivity contribution in [3.05, 3.63) is 5.69 Å². The first-order valence-corrected chi connectivity index (χ1v) is 4.15. The smallest absolute Gasteiger partial charge is 0.339 e. The summed E-state index contributed by atoms with van der Waals surface area (Å²) in [6, 6.07) is -0.0186. The van der Waals surface area contributed by atoms with Crippen LogP contribution in [0.3, 0.4) is 0 Å². The molecule has 0 saturated heterocycles. The first-order valence-electron chi connectivity index (χ1n) is 4.15. The number of aliphatic imine (C=N–C) groups is 1. The maximum Gasteiger partial charge on any atom is 0.339 e. The van der Waals surface area contributed by atoms with Gasteiger partial charge in [-0.05, 0) is 17.5 Å². The van der Waals surface area contributed by atoms with Crippen molar-refractivity contribution in [1.29, 1.82) is 0 Å². The summed E-state index contributed by atoms with van der Waals surface area (Å²) >= 11 is 0. The highest BCUT2D eigenvalue weighted by atomic mass is 16.5. The standard InChI is InChI=1S/C8H11N3O3/c1-5(2)11-7(4-12)8(14-10-11)9-6(3)13/h4-5H,1-3H3. The molecule has 6 nitrogen and oxygen atoms in total. The van der Waals surface area contributed by atoms with Gasteiger partial charge in [-0.25, -0.2) is 4.99 Å². The number of aldehydes is 1. The lowest BCUT2D eigenvalue weighted by molar-refractivity contribution is -0.780. The van der Waals surface area contributed by atoms with Gasteiger partial charge in [0.15, 0.2) is 6.04 Å². The van der Waals surface area contributed by atoms with Crippen LogP contribution in [0.1, 0.15) is 37.3 Å². The van der Waals surface area contributed by atoms with Gasteiger partial charge in [0.1, 0.15) is 0 Å². The largest absolute Gasteiger partial charge is 0.862 e. The molecule has 0 atom stereocenters. The van der Waals surface area contributed by atoms with Gasteiger partial charge < -0.3 is 5.11 Å². The minimum Gasteiger partial charge on any atom is -0.862 e. The van der Waals surface area contributed by atoms with Crippen molar-refractivity contribution in [3.63, 3.8) is 0 Å². The Morgan fingerprint density at radius 1 is 1.71 bits per heavy atom. The SMILES string of the molecule is C/C([O-])=N/c1on[n+](C(C)C)c1C=O. The van der Waals surface area contributed by atoms with E-state index in [4.69, 9.17) is 4.52 Å².